The van der Waals surface area contributed by atoms with Crippen molar-refractivity contribution in [1.82, 2.24) is 10.2 Å². The van der Waals surface area contributed by atoms with E-state index >= 15 is 0 Å². The van der Waals surface area contributed by atoms with Crippen LogP contribution in [0.3, 0.4) is 0 Å². The van der Waals surface area contributed by atoms with Gasteiger partial charge in [-0.05, 0) is 30.5 Å². The van der Waals surface area contributed by atoms with Gasteiger partial charge in [-0.15, -0.1) is 0 Å². The Morgan fingerprint density at radius 2 is 1.75 bits per heavy atom. The average molecular weight is 398 g/mol. The number of likely N-dealkylation sites (tertiary alicyclic amines) is 1. The number of piperidine rings is 1. The van der Waals surface area contributed by atoms with Crippen molar-refractivity contribution in [3.8, 4) is 0 Å². The van der Waals surface area contributed by atoms with Gasteiger partial charge in [0.1, 0.15) is 0 Å². The first kappa shape index (κ1) is 20.3. The summed E-state index contributed by atoms with van der Waals surface area (Å²) in [5.74, 6) is 1.76. The molecule has 3 rings (SSSR count). The number of hydrogen-bond acceptors (Lipinski definition) is 3. The number of carbonyl (C=O) groups is 2. The summed E-state index contributed by atoms with van der Waals surface area (Å²) in [6.07, 6.45) is 1.68. The molecule has 1 aliphatic heterocycles. The summed E-state index contributed by atoms with van der Waals surface area (Å²) < 4.78 is 0. The number of urea groups is 1. The highest BCUT2D eigenvalue weighted by molar-refractivity contribution is 7.98. The normalized spacial score (nSPS) is 16.4. The lowest BCUT2D eigenvalue weighted by Crippen LogP contribution is -2.47. The lowest BCUT2D eigenvalue weighted by atomic mass is 9.97. The number of thioether (sulfide) groups is 1. The molecular formula is C22H27N3O2S. The molecule has 0 radical (unpaired) electrons. The van der Waals surface area contributed by atoms with Gasteiger partial charge in [-0.3, -0.25) is 4.79 Å². The minimum Gasteiger partial charge on any atom is -0.355 e. The predicted molar refractivity (Wildman–Crippen MR) is 115 cm³/mol. The molecule has 5 nitrogen and oxygen atoms in total. The zero-order valence-electron chi connectivity index (χ0n) is 16.0. The molecule has 0 spiro atoms. The molecule has 0 bridgehead atoms. The Morgan fingerprint density at radius 3 is 2.50 bits per heavy atom. The number of rotatable bonds is 7. The topological polar surface area (TPSA) is 61.4 Å². The van der Waals surface area contributed by atoms with Gasteiger partial charge in [0.15, 0.2) is 0 Å². The number of anilines is 1. The van der Waals surface area contributed by atoms with E-state index in [-0.39, 0.29) is 17.9 Å². The van der Waals surface area contributed by atoms with Crippen LogP contribution in [0.2, 0.25) is 0 Å². The molecule has 1 saturated heterocycles. The number of nitrogens with one attached hydrogen (secondary N) is 2. The second kappa shape index (κ2) is 10.8. The number of benzene rings is 2. The van der Waals surface area contributed by atoms with Gasteiger partial charge in [0.2, 0.25) is 5.91 Å². The highest BCUT2D eigenvalue weighted by Crippen LogP contribution is 2.18. The number of para-hydroxylation sites is 1. The molecule has 1 aliphatic rings. The van der Waals surface area contributed by atoms with E-state index in [1.807, 2.05) is 60.3 Å². The Morgan fingerprint density at radius 1 is 1.04 bits per heavy atom. The van der Waals surface area contributed by atoms with E-state index < -0.39 is 0 Å². The third-order valence-corrected chi connectivity index (χ3v) is 5.79. The SMILES string of the molecule is O=C(NCCSCc1ccccc1)[C@H]1CCCN(C(=O)Nc2ccccc2)C1. The van der Waals surface area contributed by atoms with Crippen LogP contribution in [0.4, 0.5) is 10.5 Å². The van der Waals surface area contributed by atoms with Crippen molar-refractivity contribution in [2.24, 2.45) is 5.92 Å². The third-order valence-electron chi connectivity index (χ3n) is 4.76. The van der Waals surface area contributed by atoms with E-state index in [0.29, 0.717) is 19.6 Å². The molecule has 1 fully saturated rings. The largest absolute Gasteiger partial charge is 0.355 e. The molecule has 28 heavy (non-hydrogen) atoms. The number of hydrogen-bond donors (Lipinski definition) is 2. The van der Waals surface area contributed by atoms with Gasteiger partial charge in [0, 0.05) is 36.8 Å². The van der Waals surface area contributed by atoms with Gasteiger partial charge in [-0.1, -0.05) is 48.5 Å². The van der Waals surface area contributed by atoms with Crippen LogP contribution in [0, 0.1) is 5.92 Å². The Labute approximate surface area is 170 Å². The minimum atomic E-state index is -0.137. The van der Waals surface area contributed by atoms with Crippen LogP contribution in [0.15, 0.2) is 60.7 Å². The number of carbonyl (C=O) groups excluding carboxylic acids is 2. The molecule has 6 heteroatoms. The second-order valence-electron chi connectivity index (χ2n) is 6.91. The van der Waals surface area contributed by atoms with E-state index in [4.69, 9.17) is 0 Å². The predicted octanol–water partition coefficient (Wildman–Crippen LogP) is 3.98. The van der Waals surface area contributed by atoms with Crippen molar-refractivity contribution >= 4 is 29.4 Å². The van der Waals surface area contributed by atoms with Crippen molar-refractivity contribution in [2.45, 2.75) is 18.6 Å². The maximum atomic E-state index is 12.5. The Hall–Kier alpha value is -2.47. The Balaban J connectivity index is 1.37. The second-order valence-corrected chi connectivity index (χ2v) is 8.02. The van der Waals surface area contributed by atoms with Crippen LogP contribution in [-0.2, 0) is 10.5 Å². The van der Waals surface area contributed by atoms with Gasteiger partial charge in [-0.25, -0.2) is 4.79 Å². The molecule has 2 N–H and O–H groups in total. The van der Waals surface area contributed by atoms with E-state index in [0.717, 1.165) is 30.0 Å². The van der Waals surface area contributed by atoms with Crippen molar-refractivity contribution in [3.05, 3.63) is 66.2 Å². The maximum Gasteiger partial charge on any atom is 0.321 e. The van der Waals surface area contributed by atoms with Gasteiger partial charge in [0.05, 0.1) is 5.92 Å². The van der Waals surface area contributed by atoms with Crippen LogP contribution in [0.25, 0.3) is 0 Å². The fourth-order valence-corrected chi connectivity index (χ4v) is 4.07. The summed E-state index contributed by atoms with van der Waals surface area (Å²) in [6, 6.07) is 19.6. The van der Waals surface area contributed by atoms with Crippen LogP contribution in [-0.4, -0.2) is 42.2 Å². The molecule has 148 valence electrons. The van der Waals surface area contributed by atoms with Crippen LogP contribution >= 0.6 is 11.8 Å². The van der Waals surface area contributed by atoms with E-state index in [1.54, 1.807) is 4.90 Å². The highest BCUT2D eigenvalue weighted by Gasteiger charge is 2.28. The first-order valence-electron chi connectivity index (χ1n) is 9.73. The highest BCUT2D eigenvalue weighted by atomic mass is 32.2. The molecule has 3 amide bonds. The summed E-state index contributed by atoms with van der Waals surface area (Å²) in [6.45, 7) is 1.82. The zero-order chi connectivity index (χ0) is 19.6. The van der Waals surface area contributed by atoms with Gasteiger partial charge in [-0.2, -0.15) is 11.8 Å². The quantitative estimate of drug-likeness (QED) is 0.695. The molecule has 0 unspecified atom stereocenters. The van der Waals surface area contributed by atoms with Crippen molar-refractivity contribution in [2.75, 3.05) is 30.7 Å². The molecule has 0 aliphatic carbocycles. The first-order valence-corrected chi connectivity index (χ1v) is 10.9. The van der Waals surface area contributed by atoms with Crippen molar-refractivity contribution in [1.29, 1.82) is 0 Å². The van der Waals surface area contributed by atoms with Crippen LogP contribution in [0.1, 0.15) is 18.4 Å². The van der Waals surface area contributed by atoms with Crippen molar-refractivity contribution in [3.63, 3.8) is 0 Å². The fourth-order valence-electron chi connectivity index (χ4n) is 3.25. The summed E-state index contributed by atoms with van der Waals surface area (Å²) in [5, 5.41) is 5.93. The van der Waals surface area contributed by atoms with E-state index in [9.17, 15) is 9.59 Å². The van der Waals surface area contributed by atoms with E-state index in [1.165, 1.54) is 5.56 Å². The van der Waals surface area contributed by atoms with Crippen LogP contribution < -0.4 is 10.6 Å². The lowest BCUT2D eigenvalue weighted by molar-refractivity contribution is -0.126. The maximum absolute atomic E-state index is 12.5. The average Bonchev–Trinajstić information content (AvgIpc) is 2.75. The van der Waals surface area contributed by atoms with E-state index in [2.05, 4.69) is 22.8 Å². The van der Waals surface area contributed by atoms with Gasteiger partial charge in [0.25, 0.3) is 0 Å². The fraction of sp³-hybridized carbons (Fsp3) is 0.364. The van der Waals surface area contributed by atoms with Crippen molar-refractivity contribution < 1.29 is 9.59 Å². The standard InChI is InChI=1S/C22H27N3O2S/c26-21(23-13-15-28-17-18-8-3-1-4-9-18)19-10-7-14-25(16-19)22(27)24-20-11-5-2-6-12-20/h1-6,8-9,11-12,19H,7,10,13-17H2,(H,23,26)(H,24,27)/t19-/m0/s1. The van der Waals surface area contributed by atoms with Crippen LogP contribution in [0.5, 0.6) is 0 Å². The Bertz CT molecular complexity index is 755. The number of amides is 3. The summed E-state index contributed by atoms with van der Waals surface area (Å²) >= 11 is 1.81. The number of nitrogens with zero attached hydrogens (tertiary/aromatic N) is 1. The first-order chi connectivity index (χ1) is 13.7. The summed E-state index contributed by atoms with van der Waals surface area (Å²) in [7, 11) is 0. The molecule has 2 aromatic rings. The van der Waals surface area contributed by atoms with Gasteiger partial charge < -0.3 is 15.5 Å². The third kappa shape index (κ3) is 6.30. The minimum absolute atomic E-state index is 0.0533. The molecule has 0 aromatic heterocycles. The van der Waals surface area contributed by atoms with Gasteiger partial charge >= 0.3 is 6.03 Å². The summed E-state index contributed by atoms with van der Waals surface area (Å²) in [4.78, 5) is 26.7. The smallest absolute Gasteiger partial charge is 0.321 e. The zero-order valence-corrected chi connectivity index (χ0v) is 16.8. The Kier molecular flexibility index (Phi) is 7.79. The molecule has 0 saturated carbocycles. The molecular weight excluding hydrogens is 370 g/mol. The molecule has 2 aromatic carbocycles. The summed E-state index contributed by atoms with van der Waals surface area (Å²) in [5.41, 5.74) is 2.07. The molecule has 1 atom stereocenters. The monoisotopic (exact) mass is 397 g/mol. The molecule has 1 heterocycles. The lowest BCUT2D eigenvalue weighted by Gasteiger charge is -2.32.